The van der Waals surface area contributed by atoms with E-state index >= 15 is 0 Å². The smallest absolute Gasteiger partial charge is 0.353 e. The maximum atomic E-state index is 11.3. The van der Waals surface area contributed by atoms with Crippen molar-refractivity contribution in [1.82, 2.24) is 4.90 Å². The van der Waals surface area contributed by atoms with Gasteiger partial charge in [0, 0.05) is 11.3 Å². The Morgan fingerprint density at radius 3 is 2.87 bits per heavy atom. The van der Waals surface area contributed by atoms with E-state index < -0.39 is 17.9 Å². The molecule has 0 aromatic rings. The van der Waals surface area contributed by atoms with Crippen LogP contribution in [0.2, 0.25) is 0 Å². The monoisotopic (exact) mass is 228 g/mol. The summed E-state index contributed by atoms with van der Waals surface area (Å²) in [7, 11) is 0. The first kappa shape index (κ1) is 10.2. The van der Waals surface area contributed by atoms with Gasteiger partial charge in [0.15, 0.2) is 0 Å². The van der Waals surface area contributed by atoms with Crippen molar-refractivity contribution in [3.63, 3.8) is 0 Å². The van der Waals surface area contributed by atoms with Crippen LogP contribution < -0.4 is 5.73 Å². The number of carbonyl (C=O) groups excluding carboxylic acids is 2. The highest BCUT2D eigenvalue weighted by Gasteiger charge is 2.51. The van der Waals surface area contributed by atoms with Crippen LogP contribution in [0.25, 0.3) is 0 Å². The first-order valence-electron chi connectivity index (χ1n) is 4.19. The van der Waals surface area contributed by atoms with Crippen LogP contribution in [-0.4, -0.2) is 45.3 Å². The average molecular weight is 228 g/mol. The second kappa shape index (κ2) is 3.35. The summed E-state index contributed by atoms with van der Waals surface area (Å²) in [6, 6.07) is -0.655. The van der Waals surface area contributed by atoms with Crippen LogP contribution in [0, 0.1) is 0 Å². The summed E-state index contributed by atoms with van der Waals surface area (Å²) in [6.45, 7) is 0. The SMILES string of the molecule is NC1C(=O)N2C(C(=O)O)=C(C=O)CSC12. The number of thioether (sulfide) groups is 1. The van der Waals surface area contributed by atoms with E-state index in [0.717, 1.165) is 4.90 Å². The van der Waals surface area contributed by atoms with Gasteiger partial charge in [0.25, 0.3) is 0 Å². The molecule has 0 bridgehead atoms. The number of amides is 1. The van der Waals surface area contributed by atoms with Gasteiger partial charge in [-0.2, -0.15) is 0 Å². The fraction of sp³-hybridized carbons (Fsp3) is 0.375. The number of carboxylic acids is 1. The molecule has 1 fully saturated rings. The van der Waals surface area contributed by atoms with Crippen molar-refractivity contribution in [3.8, 4) is 0 Å². The summed E-state index contributed by atoms with van der Waals surface area (Å²) < 4.78 is 0. The molecule has 6 nitrogen and oxygen atoms in total. The van der Waals surface area contributed by atoms with Crippen LogP contribution in [0.5, 0.6) is 0 Å². The number of aliphatic carboxylic acids is 1. The highest BCUT2D eigenvalue weighted by molar-refractivity contribution is 8.00. The predicted octanol–water partition coefficient (Wildman–Crippen LogP) is -1.23. The molecule has 0 aliphatic carbocycles. The van der Waals surface area contributed by atoms with Crippen molar-refractivity contribution >= 4 is 29.9 Å². The largest absolute Gasteiger partial charge is 0.477 e. The van der Waals surface area contributed by atoms with E-state index in [4.69, 9.17) is 10.8 Å². The third kappa shape index (κ3) is 1.27. The summed E-state index contributed by atoms with van der Waals surface area (Å²) in [4.78, 5) is 34.0. The molecule has 1 saturated heterocycles. The van der Waals surface area contributed by atoms with Crippen LogP contribution in [0.4, 0.5) is 0 Å². The molecular formula is C8H8N2O4S. The molecule has 2 aliphatic heterocycles. The lowest BCUT2D eigenvalue weighted by Gasteiger charge is -2.47. The summed E-state index contributed by atoms with van der Waals surface area (Å²) in [5.74, 6) is -1.42. The Kier molecular flexibility index (Phi) is 2.28. The molecule has 2 aliphatic rings. The molecule has 0 aromatic heterocycles. The molecule has 15 heavy (non-hydrogen) atoms. The lowest BCUT2D eigenvalue weighted by Crippen LogP contribution is -2.68. The number of fused-ring (bicyclic) bond motifs is 1. The van der Waals surface area contributed by atoms with Crippen LogP contribution >= 0.6 is 11.8 Å². The van der Waals surface area contributed by atoms with Crippen LogP contribution in [-0.2, 0) is 14.4 Å². The van der Waals surface area contributed by atoms with E-state index in [1.165, 1.54) is 11.8 Å². The fourth-order valence-corrected chi connectivity index (χ4v) is 2.87. The third-order valence-corrected chi connectivity index (χ3v) is 3.71. The Morgan fingerprint density at radius 1 is 1.67 bits per heavy atom. The molecule has 80 valence electrons. The van der Waals surface area contributed by atoms with Crippen LogP contribution in [0.3, 0.4) is 0 Å². The average Bonchev–Trinajstić information content (AvgIpc) is 2.25. The minimum atomic E-state index is -1.26. The number of β-lactam (4-membered cyclic amide) rings is 1. The normalized spacial score (nSPS) is 29.7. The molecule has 0 radical (unpaired) electrons. The maximum absolute atomic E-state index is 11.3. The highest BCUT2D eigenvalue weighted by atomic mass is 32.2. The quantitative estimate of drug-likeness (QED) is 0.453. The molecule has 1 amide bonds. The Bertz CT molecular complexity index is 392. The Morgan fingerprint density at radius 2 is 2.33 bits per heavy atom. The van der Waals surface area contributed by atoms with Crippen LogP contribution in [0.15, 0.2) is 11.3 Å². The molecule has 2 heterocycles. The zero-order chi connectivity index (χ0) is 11.2. The van der Waals surface area contributed by atoms with Crippen molar-refractivity contribution in [3.05, 3.63) is 11.3 Å². The van der Waals surface area contributed by atoms with E-state index in [1.54, 1.807) is 0 Å². The maximum Gasteiger partial charge on any atom is 0.353 e. The minimum absolute atomic E-state index is 0.129. The summed E-state index contributed by atoms with van der Waals surface area (Å²) >= 11 is 1.31. The number of hydrogen-bond donors (Lipinski definition) is 2. The van der Waals surface area contributed by atoms with Gasteiger partial charge in [-0.25, -0.2) is 4.79 Å². The van der Waals surface area contributed by atoms with E-state index in [1.807, 2.05) is 0 Å². The number of carbonyl (C=O) groups is 3. The minimum Gasteiger partial charge on any atom is -0.477 e. The standard InChI is InChI=1S/C8H8N2O4S/c9-4-6(12)10-5(8(13)14)3(1-11)2-15-7(4)10/h1,4,7H,2,9H2,(H,13,14). The predicted molar refractivity (Wildman–Crippen MR) is 51.8 cm³/mol. The molecule has 2 rings (SSSR count). The van der Waals surface area contributed by atoms with E-state index in [2.05, 4.69) is 0 Å². The van der Waals surface area contributed by atoms with Crippen molar-refractivity contribution in [2.24, 2.45) is 5.73 Å². The van der Waals surface area contributed by atoms with Gasteiger partial charge in [0.2, 0.25) is 5.91 Å². The third-order valence-electron chi connectivity index (χ3n) is 2.38. The van der Waals surface area contributed by atoms with Crippen molar-refractivity contribution in [1.29, 1.82) is 0 Å². The van der Waals surface area contributed by atoms with Gasteiger partial charge >= 0.3 is 5.97 Å². The van der Waals surface area contributed by atoms with Crippen molar-refractivity contribution in [2.45, 2.75) is 11.4 Å². The molecular weight excluding hydrogens is 220 g/mol. The molecule has 2 atom stereocenters. The lowest BCUT2D eigenvalue weighted by molar-refractivity contribution is -0.148. The number of carboxylic acid groups (broad SMARTS) is 1. The summed E-state index contributed by atoms with van der Waals surface area (Å²) in [6.07, 6.45) is 0.476. The van der Waals surface area contributed by atoms with Gasteiger partial charge in [0.1, 0.15) is 23.4 Å². The summed E-state index contributed by atoms with van der Waals surface area (Å²) in [5, 5.41) is 8.56. The number of aldehydes is 1. The van der Waals surface area contributed by atoms with Crippen LogP contribution in [0.1, 0.15) is 0 Å². The molecule has 0 saturated carbocycles. The number of nitrogens with two attached hydrogens (primary N) is 1. The van der Waals surface area contributed by atoms with Gasteiger partial charge in [-0.1, -0.05) is 0 Å². The number of nitrogens with zero attached hydrogens (tertiary/aromatic N) is 1. The second-order valence-electron chi connectivity index (χ2n) is 3.23. The van der Waals surface area contributed by atoms with Crippen molar-refractivity contribution in [2.75, 3.05) is 5.75 Å². The first-order valence-corrected chi connectivity index (χ1v) is 5.24. The fourth-order valence-electron chi connectivity index (χ4n) is 1.63. The number of hydrogen-bond acceptors (Lipinski definition) is 5. The Hall–Kier alpha value is -1.34. The van der Waals surface area contributed by atoms with E-state index in [9.17, 15) is 14.4 Å². The molecule has 2 unspecified atom stereocenters. The van der Waals surface area contributed by atoms with E-state index in [0.29, 0.717) is 6.29 Å². The Balaban J connectivity index is 2.42. The van der Waals surface area contributed by atoms with Gasteiger partial charge in [-0.15, -0.1) is 11.8 Å². The van der Waals surface area contributed by atoms with Gasteiger partial charge in [-0.05, 0) is 0 Å². The molecule has 0 aromatic carbocycles. The lowest BCUT2D eigenvalue weighted by atomic mass is 10.0. The van der Waals surface area contributed by atoms with E-state index in [-0.39, 0.29) is 22.4 Å². The zero-order valence-electron chi connectivity index (χ0n) is 7.54. The second-order valence-corrected chi connectivity index (χ2v) is 4.34. The Labute approximate surface area is 89.1 Å². The first-order chi connectivity index (χ1) is 7.07. The van der Waals surface area contributed by atoms with Gasteiger partial charge in [-0.3, -0.25) is 14.5 Å². The van der Waals surface area contributed by atoms with Gasteiger partial charge in [0.05, 0.1) is 0 Å². The molecule has 0 spiro atoms. The zero-order valence-corrected chi connectivity index (χ0v) is 8.36. The number of rotatable bonds is 2. The van der Waals surface area contributed by atoms with Gasteiger partial charge < -0.3 is 10.8 Å². The van der Waals surface area contributed by atoms with Crippen molar-refractivity contribution < 1.29 is 19.5 Å². The molecule has 3 N–H and O–H groups in total. The highest BCUT2D eigenvalue weighted by Crippen LogP contribution is 2.38. The summed E-state index contributed by atoms with van der Waals surface area (Å²) in [5.41, 5.74) is 5.42. The molecule has 7 heteroatoms. The topological polar surface area (TPSA) is 101 Å².